The lowest BCUT2D eigenvalue weighted by atomic mass is 9.89. The number of ether oxygens (including phenoxy) is 2. The smallest absolute Gasteiger partial charge is 0.328 e. The molecule has 2 aromatic rings. The lowest BCUT2D eigenvalue weighted by molar-refractivity contribution is -0.142. The molecule has 0 bridgehead atoms. The second-order valence-electron chi connectivity index (χ2n) is 8.21. The van der Waals surface area contributed by atoms with E-state index in [1.807, 2.05) is 18.3 Å². The van der Waals surface area contributed by atoms with Crippen LogP contribution in [0.3, 0.4) is 0 Å². The summed E-state index contributed by atoms with van der Waals surface area (Å²) in [6.07, 6.45) is 5.12. The van der Waals surface area contributed by atoms with Gasteiger partial charge in [-0.3, -0.25) is 4.79 Å². The first kappa shape index (κ1) is 22.1. The number of nitrogens with zero attached hydrogens (tertiary/aromatic N) is 4. The summed E-state index contributed by atoms with van der Waals surface area (Å²) >= 11 is 0. The van der Waals surface area contributed by atoms with Crippen LogP contribution >= 0.6 is 0 Å². The number of pyridine rings is 1. The molecule has 2 aliphatic rings. The zero-order valence-electron chi connectivity index (χ0n) is 18.5. The normalized spacial score (nSPS) is 18.4. The predicted molar refractivity (Wildman–Crippen MR) is 115 cm³/mol. The molecule has 2 saturated heterocycles. The van der Waals surface area contributed by atoms with Crippen LogP contribution < -0.4 is 5.32 Å². The average Bonchev–Trinajstić information content (AvgIpc) is 3.26. The number of hydrogen-bond acceptors (Lipinski definition) is 6. The maximum absolute atomic E-state index is 13.0. The summed E-state index contributed by atoms with van der Waals surface area (Å²) in [5.74, 6) is -0.209. The predicted octanol–water partition coefficient (Wildman–Crippen LogP) is 1.26. The van der Waals surface area contributed by atoms with Crippen LogP contribution in [0.1, 0.15) is 41.6 Å². The number of esters is 1. The number of likely N-dealkylation sites (tertiary alicyclic amines) is 1. The molecule has 0 radical (unpaired) electrons. The van der Waals surface area contributed by atoms with Crippen LogP contribution in [0.2, 0.25) is 0 Å². The van der Waals surface area contributed by atoms with Crippen molar-refractivity contribution < 1.29 is 23.9 Å². The number of hydrogen-bond donors (Lipinski definition) is 1. The van der Waals surface area contributed by atoms with Crippen molar-refractivity contribution in [3.05, 3.63) is 35.7 Å². The van der Waals surface area contributed by atoms with Gasteiger partial charge in [-0.25, -0.2) is 14.1 Å². The van der Waals surface area contributed by atoms with E-state index in [2.05, 4.69) is 15.2 Å². The molecule has 172 valence electrons. The number of morpholine rings is 1. The number of piperidine rings is 1. The third-order valence-electron chi connectivity index (χ3n) is 6.22. The molecule has 10 nitrogen and oxygen atoms in total. The molecular weight excluding hydrogens is 414 g/mol. The summed E-state index contributed by atoms with van der Waals surface area (Å²) in [5, 5.41) is 7.02. The summed E-state index contributed by atoms with van der Waals surface area (Å²) in [5.41, 5.74) is 2.53. The van der Waals surface area contributed by atoms with E-state index in [-0.39, 0.29) is 17.9 Å². The summed E-state index contributed by atoms with van der Waals surface area (Å²) < 4.78 is 11.7. The van der Waals surface area contributed by atoms with E-state index < -0.39 is 12.0 Å². The van der Waals surface area contributed by atoms with Gasteiger partial charge >= 0.3 is 12.0 Å². The van der Waals surface area contributed by atoms with Crippen molar-refractivity contribution in [2.45, 2.75) is 31.7 Å². The molecule has 1 atom stereocenters. The molecule has 4 rings (SSSR count). The highest BCUT2D eigenvalue weighted by atomic mass is 16.5. The van der Waals surface area contributed by atoms with Gasteiger partial charge in [0, 0.05) is 32.4 Å². The van der Waals surface area contributed by atoms with Gasteiger partial charge < -0.3 is 24.6 Å². The Morgan fingerprint density at radius 3 is 2.56 bits per heavy atom. The van der Waals surface area contributed by atoms with Crippen LogP contribution in [0.25, 0.3) is 5.52 Å². The van der Waals surface area contributed by atoms with Gasteiger partial charge in [-0.1, -0.05) is 0 Å². The Morgan fingerprint density at radius 1 is 1.16 bits per heavy atom. The maximum Gasteiger partial charge on any atom is 0.328 e. The maximum atomic E-state index is 13.0. The van der Waals surface area contributed by atoms with E-state index in [1.54, 1.807) is 27.4 Å². The average molecular weight is 444 g/mol. The zero-order valence-corrected chi connectivity index (χ0v) is 18.5. The van der Waals surface area contributed by atoms with E-state index in [4.69, 9.17) is 4.74 Å². The van der Waals surface area contributed by atoms with Crippen molar-refractivity contribution in [3.63, 3.8) is 0 Å². The van der Waals surface area contributed by atoms with Gasteiger partial charge in [-0.05, 0) is 43.4 Å². The van der Waals surface area contributed by atoms with E-state index in [0.717, 1.165) is 23.9 Å². The monoisotopic (exact) mass is 443 g/mol. The molecule has 0 aromatic carbocycles. The molecule has 1 N–H and O–H groups in total. The number of amides is 3. The summed E-state index contributed by atoms with van der Waals surface area (Å²) in [7, 11) is 1.30. The van der Waals surface area contributed by atoms with Gasteiger partial charge in [-0.15, -0.1) is 0 Å². The fourth-order valence-corrected chi connectivity index (χ4v) is 4.28. The fourth-order valence-electron chi connectivity index (χ4n) is 4.28. The number of nitrogens with one attached hydrogen (secondary N) is 1. The molecule has 2 aromatic heterocycles. The van der Waals surface area contributed by atoms with Crippen LogP contribution in [-0.4, -0.2) is 89.9 Å². The highest BCUT2D eigenvalue weighted by Crippen LogP contribution is 2.29. The first-order valence-electron chi connectivity index (χ1n) is 11.0. The van der Waals surface area contributed by atoms with Crippen molar-refractivity contribution in [2.75, 3.05) is 46.5 Å². The van der Waals surface area contributed by atoms with Crippen molar-refractivity contribution in [3.8, 4) is 0 Å². The Labute approximate surface area is 186 Å². The molecule has 3 amide bonds. The van der Waals surface area contributed by atoms with Crippen LogP contribution in [0.5, 0.6) is 0 Å². The van der Waals surface area contributed by atoms with Gasteiger partial charge in [0.2, 0.25) is 0 Å². The number of carbonyl (C=O) groups is 3. The Morgan fingerprint density at radius 2 is 1.88 bits per heavy atom. The van der Waals surface area contributed by atoms with Crippen LogP contribution in [0.4, 0.5) is 4.79 Å². The van der Waals surface area contributed by atoms with E-state index in [9.17, 15) is 14.4 Å². The third-order valence-corrected chi connectivity index (χ3v) is 6.22. The second kappa shape index (κ2) is 9.56. The number of urea groups is 1. The minimum Gasteiger partial charge on any atom is -0.467 e. The molecule has 2 fully saturated rings. The van der Waals surface area contributed by atoms with Gasteiger partial charge in [0.05, 0.1) is 37.6 Å². The molecule has 2 aliphatic heterocycles. The lowest BCUT2D eigenvalue weighted by Gasteiger charge is -2.33. The van der Waals surface area contributed by atoms with Crippen LogP contribution in [0, 0.1) is 0 Å². The molecule has 0 unspecified atom stereocenters. The Balaban J connectivity index is 1.42. The summed E-state index contributed by atoms with van der Waals surface area (Å²) in [4.78, 5) is 40.5. The number of methoxy groups -OCH3 is 1. The standard InChI is InChI=1S/C22H29N5O5/c1-15(21(29)31-2)24-22(30)26-6-3-16(4-7-26)17-5-8-27-19(13-17)18(14-23-27)20(28)25-9-11-32-12-10-25/h5,8,13-16H,3-4,6-7,9-12H2,1-2H3,(H,24,30)/t15-/m1/s1. The Bertz CT molecular complexity index is 992. The topological polar surface area (TPSA) is 105 Å². The Hall–Kier alpha value is -3.14. The zero-order chi connectivity index (χ0) is 22.7. The minimum atomic E-state index is -0.683. The number of fused-ring (bicyclic) bond motifs is 1. The van der Waals surface area contributed by atoms with Crippen LogP contribution in [0.15, 0.2) is 24.5 Å². The Kier molecular flexibility index (Phi) is 6.59. The van der Waals surface area contributed by atoms with E-state index in [0.29, 0.717) is 45.0 Å². The molecule has 0 saturated carbocycles. The first-order valence-corrected chi connectivity index (χ1v) is 11.0. The highest BCUT2D eigenvalue weighted by Gasteiger charge is 2.27. The SMILES string of the molecule is COC(=O)[C@@H](C)NC(=O)N1CCC(c2ccn3ncc(C(=O)N4CCOCC4)c3c2)CC1. The molecule has 0 spiro atoms. The lowest BCUT2D eigenvalue weighted by Crippen LogP contribution is -2.49. The number of aromatic nitrogens is 2. The quantitative estimate of drug-likeness (QED) is 0.714. The molecule has 32 heavy (non-hydrogen) atoms. The van der Waals surface area contributed by atoms with Gasteiger partial charge in [-0.2, -0.15) is 5.10 Å². The highest BCUT2D eigenvalue weighted by molar-refractivity contribution is 6.00. The van der Waals surface area contributed by atoms with Crippen LogP contribution in [-0.2, 0) is 14.3 Å². The van der Waals surface area contributed by atoms with Crippen molar-refractivity contribution in [2.24, 2.45) is 0 Å². The molecule has 10 heteroatoms. The van der Waals surface area contributed by atoms with Gasteiger partial charge in [0.1, 0.15) is 6.04 Å². The van der Waals surface area contributed by atoms with Crippen molar-refractivity contribution in [1.29, 1.82) is 0 Å². The summed E-state index contributed by atoms with van der Waals surface area (Å²) in [6.45, 7) is 5.08. The first-order chi connectivity index (χ1) is 15.5. The van der Waals surface area contributed by atoms with E-state index in [1.165, 1.54) is 7.11 Å². The largest absolute Gasteiger partial charge is 0.467 e. The molecular formula is C22H29N5O5. The fraction of sp³-hybridized carbons (Fsp3) is 0.545. The second-order valence-corrected chi connectivity index (χ2v) is 8.21. The summed E-state index contributed by atoms with van der Waals surface area (Å²) in [6, 6.07) is 3.13. The van der Waals surface area contributed by atoms with Gasteiger partial charge in [0.25, 0.3) is 5.91 Å². The van der Waals surface area contributed by atoms with Crippen molar-refractivity contribution in [1.82, 2.24) is 24.7 Å². The van der Waals surface area contributed by atoms with E-state index >= 15 is 0 Å². The molecule has 0 aliphatic carbocycles. The molecule has 4 heterocycles. The van der Waals surface area contributed by atoms with Gasteiger partial charge in [0.15, 0.2) is 0 Å². The number of carbonyl (C=O) groups excluding carboxylic acids is 3. The van der Waals surface area contributed by atoms with Crippen molar-refractivity contribution >= 4 is 23.4 Å². The minimum absolute atomic E-state index is 0.0216. The third kappa shape index (κ3) is 4.55. The number of rotatable bonds is 4.